The van der Waals surface area contributed by atoms with Gasteiger partial charge in [-0.15, -0.1) is 0 Å². The molecule has 9 heteroatoms. The topological polar surface area (TPSA) is 91.1 Å². The summed E-state index contributed by atoms with van der Waals surface area (Å²) in [5.41, 5.74) is -0.726. The summed E-state index contributed by atoms with van der Waals surface area (Å²) in [6.45, 7) is 6.39. The second kappa shape index (κ2) is 9.48. The van der Waals surface area contributed by atoms with Crippen LogP contribution in [0.5, 0.6) is 5.88 Å². The highest BCUT2D eigenvalue weighted by Crippen LogP contribution is 2.49. The zero-order chi connectivity index (χ0) is 24.5. The minimum absolute atomic E-state index is 0.0660. The van der Waals surface area contributed by atoms with Gasteiger partial charge >= 0.3 is 0 Å². The molecule has 0 spiro atoms. The summed E-state index contributed by atoms with van der Waals surface area (Å²) in [4.78, 5) is 29.7. The van der Waals surface area contributed by atoms with Gasteiger partial charge in [-0.05, 0) is 42.9 Å². The van der Waals surface area contributed by atoms with Gasteiger partial charge in [0.05, 0.1) is 6.26 Å². The van der Waals surface area contributed by atoms with E-state index < -0.39 is 37.6 Å². The second-order valence-electron chi connectivity index (χ2n) is 9.04. The lowest BCUT2D eigenvalue weighted by Gasteiger charge is -2.49. The Morgan fingerprint density at radius 3 is 2.38 bits per heavy atom. The van der Waals surface area contributed by atoms with Crippen LogP contribution in [-0.4, -0.2) is 55.7 Å². The Kier molecular flexibility index (Phi) is 6.79. The molecule has 0 fully saturated rings. The molecule has 4 rings (SSSR count). The van der Waals surface area contributed by atoms with Crippen LogP contribution in [0.25, 0.3) is 0 Å². The fourth-order valence-electron chi connectivity index (χ4n) is 4.90. The summed E-state index contributed by atoms with van der Waals surface area (Å²) in [6.07, 6.45) is 1.75. The van der Waals surface area contributed by atoms with Gasteiger partial charge in [-0.2, -0.15) is 0 Å². The number of fused-ring (bicyclic) bond motifs is 2. The number of ketones is 2. The van der Waals surface area contributed by atoms with E-state index in [4.69, 9.17) is 18.4 Å². The van der Waals surface area contributed by atoms with Crippen LogP contribution in [0.1, 0.15) is 48.5 Å². The number of likely N-dealkylation sites (N-methyl/N-ethyl adjacent to an activating group) is 1. The Morgan fingerprint density at radius 1 is 1.09 bits per heavy atom. The van der Waals surface area contributed by atoms with Gasteiger partial charge in [0.2, 0.25) is 17.2 Å². The molecule has 8 nitrogen and oxygen atoms in total. The van der Waals surface area contributed by atoms with Crippen molar-refractivity contribution >= 4 is 19.9 Å². The molecule has 0 saturated heterocycles. The van der Waals surface area contributed by atoms with Crippen molar-refractivity contribution < 1.29 is 28.0 Å². The van der Waals surface area contributed by atoms with Gasteiger partial charge in [0.15, 0.2) is 20.2 Å². The molecular weight excluding hydrogens is 452 g/mol. The number of Topliss-reactive ketones (excluding diaryl/α,β-unsaturated/α-hetero) is 1. The fraction of sp³-hybridized carbons (Fsp3) is 0.480. The van der Waals surface area contributed by atoms with Gasteiger partial charge in [-0.3, -0.25) is 14.5 Å². The van der Waals surface area contributed by atoms with Crippen LogP contribution in [0, 0.1) is 0 Å². The van der Waals surface area contributed by atoms with E-state index in [1.54, 1.807) is 0 Å². The Balaban J connectivity index is 1.84. The van der Waals surface area contributed by atoms with E-state index in [1.807, 2.05) is 49.3 Å². The normalized spacial score (nSPS) is 24.1. The Hall–Kier alpha value is -2.75. The third-order valence-corrected chi connectivity index (χ3v) is 11.7. The van der Waals surface area contributed by atoms with Crippen LogP contribution in [0.4, 0.5) is 0 Å². The van der Waals surface area contributed by atoms with Crippen LogP contribution in [-0.2, 0) is 20.6 Å². The van der Waals surface area contributed by atoms with Crippen LogP contribution in [0.15, 0.2) is 47.2 Å². The van der Waals surface area contributed by atoms with Crippen LogP contribution in [0.3, 0.4) is 0 Å². The largest absolute Gasteiger partial charge is 0.492 e. The molecule has 182 valence electrons. The average molecular weight is 485 g/mol. The first-order chi connectivity index (χ1) is 16.3. The van der Waals surface area contributed by atoms with E-state index in [1.165, 1.54) is 12.3 Å². The standard InChI is InChI=1S/C25H32N2O6Si/c1-6-34(7-2,8-3)33-25-18(28)14-15-30-23(25)20(27(4)5)21-19(22(25)29)24(26-32-21)31-16-17-12-10-9-11-13-17/h9-15,20,23H,6-8,16H2,1-5H3/t20-,23+,25+/m1/s1. The molecule has 0 radical (unpaired) electrons. The van der Waals surface area contributed by atoms with Crippen LogP contribution < -0.4 is 4.74 Å². The molecule has 3 atom stereocenters. The summed E-state index contributed by atoms with van der Waals surface area (Å²) in [7, 11) is 1.27. The fourth-order valence-corrected chi connectivity index (χ4v) is 7.82. The third kappa shape index (κ3) is 3.81. The van der Waals surface area contributed by atoms with Crippen LogP contribution >= 0.6 is 0 Å². The summed E-state index contributed by atoms with van der Waals surface area (Å²) < 4.78 is 24.4. The molecule has 34 heavy (non-hydrogen) atoms. The molecule has 2 aliphatic rings. The number of nitrogens with zero attached hydrogens (tertiary/aromatic N) is 2. The molecule has 0 saturated carbocycles. The number of ether oxygens (including phenoxy) is 2. The van der Waals surface area contributed by atoms with E-state index >= 15 is 0 Å². The number of hydrogen-bond acceptors (Lipinski definition) is 8. The van der Waals surface area contributed by atoms with Crippen molar-refractivity contribution in [2.75, 3.05) is 14.1 Å². The monoisotopic (exact) mass is 484 g/mol. The molecule has 1 aromatic carbocycles. The van der Waals surface area contributed by atoms with Crippen molar-refractivity contribution in [3.63, 3.8) is 0 Å². The molecule has 0 N–H and O–H groups in total. The van der Waals surface area contributed by atoms with Crippen molar-refractivity contribution in [1.82, 2.24) is 10.1 Å². The lowest BCUT2D eigenvalue weighted by Crippen LogP contribution is -2.68. The lowest BCUT2D eigenvalue weighted by atomic mass is 9.73. The number of benzene rings is 1. The third-order valence-electron chi connectivity index (χ3n) is 7.10. The first-order valence-corrected chi connectivity index (χ1v) is 14.3. The average Bonchev–Trinajstić information content (AvgIpc) is 3.27. The molecule has 1 aliphatic carbocycles. The minimum atomic E-state index is -2.43. The maximum absolute atomic E-state index is 14.2. The summed E-state index contributed by atoms with van der Waals surface area (Å²) in [5, 5.41) is 4.09. The van der Waals surface area contributed by atoms with Gasteiger partial charge in [-0.1, -0.05) is 51.1 Å². The van der Waals surface area contributed by atoms with Crippen molar-refractivity contribution in [3.8, 4) is 5.88 Å². The van der Waals surface area contributed by atoms with E-state index in [9.17, 15) is 9.59 Å². The SMILES string of the molecule is CC[Si](CC)(CC)O[C@]12C(=O)C=CO[C@H]1[C@H](N(C)C)c1onc(OCc3ccccc3)c1C2=O. The van der Waals surface area contributed by atoms with E-state index in [-0.39, 0.29) is 18.1 Å². The van der Waals surface area contributed by atoms with E-state index in [2.05, 4.69) is 25.9 Å². The molecule has 2 aromatic rings. The zero-order valence-corrected chi connectivity index (χ0v) is 21.4. The Bertz CT molecular complexity index is 1070. The zero-order valence-electron chi connectivity index (χ0n) is 20.4. The molecule has 0 bridgehead atoms. The van der Waals surface area contributed by atoms with Gasteiger partial charge in [0, 0.05) is 6.08 Å². The molecule has 0 unspecified atom stereocenters. The molecule has 2 heterocycles. The van der Waals surface area contributed by atoms with Gasteiger partial charge in [-0.25, -0.2) is 0 Å². The highest BCUT2D eigenvalue weighted by atomic mass is 28.4. The molecule has 1 aliphatic heterocycles. The Labute approximate surface area is 201 Å². The summed E-state index contributed by atoms with van der Waals surface area (Å²) in [6, 6.07) is 11.3. The number of aromatic nitrogens is 1. The highest BCUT2D eigenvalue weighted by Gasteiger charge is 2.66. The van der Waals surface area contributed by atoms with Crippen molar-refractivity contribution in [2.24, 2.45) is 0 Å². The van der Waals surface area contributed by atoms with Crippen molar-refractivity contribution in [2.45, 2.75) is 63.3 Å². The van der Waals surface area contributed by atoms with E-state index in [0.29, 0.717) is 5.76 Å². The van der Waals surface area contributed by atoms with Crippen molar-refractivity contribution in [3.05, 3.63) is 59.6 Å². The predicted molar refractivity (Wildman–Crippen MR) is 128 cm³/mol. The highest BCUT2D eigenvalue weighted by molar-refractivity contribution is 6.74. The smallest absolute Gasteiger partial charge is 0.265 e. The summed E-state index contributed by atoms with van der Waals surface area (Å²) >= 11 is 0. The molecule has 1 aromatic heterocycles. The molecule has 0 amide bonds. The number of carbonyl (C=O) groups excluding carboxylic acids is 2. The van der Waals surface area contributed by atoms with E-state index in [0.717, 1.165) is 23.7 Å². The second-order valence-corrected chi connectivity index (χ2v) is 13.7. The number of rotatable bonds is 9. The van der Waals surface area contributed by atoms with Gasteiger partial charge in [0.25, 0.3) is 5.88 Å². The first-order valence-electron chi connectivity index (χ1n) is 11.8. The summed E-state index contributed by atoms with van der Waals surface area (Å²) in [5.74, 6) is -0.524. The van der Waals surface area contributed by atoms with Gasteiger partial charge < -0.3 is 18.4 Å². The van der Waals surface area contributed by atoms with Gasteiger partial charge in [0.1, 0.15) is 18.2 Å². The first kappa shape index (κ1) is 24.4. The quantitative estimate of drug-likeness (QED) is 0.384. The number of hydrogen-bond donors (Lipinski definition) is 0. The minimum Gasteiger partial charge on any atom is -0.492 e. The maximum Gasteiger partial charge on any atom is 0.265 e. The van der Waals surface area contributed by atoms with Crippen molar-refractivity contribution in [1.29, 1.82) is 0 Å². The van der Waals surface area contributed by atoms with Crippen LogP contribution in [0.2, 0.25) is 18.1 Å². The lowest BCUT2D eigenvalue weighted by molar-refractivity contribution is -0.147. The predicted octanol–water partition coefficient (Wildman–Crippen LogP) is 4.29. The number of carbonyl (C=O) groups is 2. The maximum atomic E-state index is 14.2. The molecular formula is C25H32N2O6Si. The Morgan fingerprint density at radius 2 is 1.76 bits per heavy atom.